The zero-order chi connectivity index (χ0) is 4.83. The van der Waals surface area contributed by atoms with Crippen molar-refractivity contribution >= 4 is 11.8 Å². The van der Waals surface area contributed by atoms with Crippen molar-refractivity contribution in [2.45, 2.75) is 6.92 Å². The summed E-state index contributed by atoms with van der Waals surface area (Å²) in [4.78, 5) is 0. The predicted molar refractivity (Wildman–Crippen MR) is 28.6 cm³/mol. The van der Waals surface area contributed by atoms with E-state index in [1.807, 2.05) is 13.0 Å². The maximum atomic E-state index is 7.93. The fourth-order valence-corrected chi connectivity index (χ4v) is 0.443. The summed E-state index contributed by atoms with van der Waals surface area (Å²) >= 11 is 1.65. The molecule has 0 amide bonds. The van der Waals surface area contributed by atoms with Crippen LogP contribution in [0.4, 0.5) is 0 Å². The molecule has 34 valence electrons. The second-order valence-electron chi connectivity index (χ2n) is 0.795. The van der Waals surface area contributed by atoms with Gasteiger partial charge < -0.3 is 0 Å². The van der Waals surface area contributed by atoms with Crippen molar-refractivity contribution in [3.8, 4) is 6.07 Å². The molecule has 0 atom stereocenters. The van der Waals surface area contributed by atoms with Gasteiger partial charge in [-0.05, 0) is 5.75 Å². The van der Waals surface area contributed by atoms with Crippen molar-refractivity contribution in [2.75, 3.05) is 11.5 Å². The van der Waals surface area contributed by atoms with Gasteiger partial charge in [-0.25, -0.2) is 0 Å². The molecule has 0 bridgehead atoms. The topological polar surface area (TPSA) is 23.8 Å². The first kappa shape index (κ1) is 5.84. The summed E-state index contributed by atoms with van der Waals surface area (Å²) in [5.74, 6) is 1.68. The van der Waals surface area contributed by atoms with E-state index in [9.17, 15) is 0 Å². The SMILES string of the molecule is CCSCC#N. The Hall–Kier alpha value is -0.160. The first-order valence-corrected chi connectivity index (χ1v) is 3.02. The van der Waals surface area contributed by atoms with Gasteiger partial charge in [0.1, 0.15) is 0 Å². The number of rotatable bonds is 2. The van der Waals surface area contributed by atoms with Crippen LogP contribution >= 0.6 is 11.8 Å². The summed E-state index contributed by atoms with van der Waals surface area (Å²) in [5.41, 5.74) is 0. The lowest BCUT2D eigenvalue weighted by molar-refractivity contribution is 1.48. The first-order chi connectivity index (χ1) is 2.91. The third-order valence-electron chi connectivity index (χ3n) is 0.371. The second-order valence-corrected chi connectivity index (χ2v) is 2.07. The molecule has 0 unspecified atom stereocenters. The first-order valence-electron chi connectivity index (χ1n) is 1.86. The van der Waals surface area contributed by atoms with Gasteiger partial charge in [-0.3, -0.25) is 0 Å². The normalized spacial score (nSPS) is 7.33. The lowest BCUT2D eigenvalue weighted by Crippen LogP contribution is -1.68. The second kappa shape index (κ2) is 4.84. The van der Waals surface area contributed by atoms with Crippen LogP contribution < -0.4 is 0 Å². The van der Waals surface area contributed by atoms with E-state index in [0.29, 0.717) is 5.75 Å². The molecule has 0 aromatic carbocycles. The molecule has 0 aliphatic rings. The molecule has 0 saturated carbocycles. The molecule has 0 saturated heterocycles. The number of nitriles is 1. The van der Waals surface area contributed by atoms with Crippen molar-refractivity contribution in [3.05, 3.63) is 0 Å². The molecule has 0 aliphatic carbocycles. The molecule has 1 nitrogen and oxygen atoms in total. The van der Waals surface area contributed by atoms with E-state index in [0.717, 1.165) is 5.75 Å². The molecule has 2 heteroatoms. The summed E-state index contributed by atoms with van der Waals surface area (Å²) in [5, 5.41) is 7.93. The Morgan fingerprint density at radius 1 is 1.83 bits per heavy atom. The van der Waals surface area contributed by atoms with Crippen LogP contribution in [0.1, 0.15) is 6.92 Å². The van der Waals surface area contributed by atoms with Crippen LogP contribution in [0.2, 0.25) is 0 Å². The highest BCUT2D eigenvalue weighted by Gasteiger charge is 1.73. The lowest BCUT2D eigenvalue weighted by Gasteiger charge is -1.78. The van der Waals surface area contributed by atoms with Crippen LogP contribution in [0.5, 0.6) is 0 Å². The van der Waals surface area contributed by atoms with E-state index in [2.05, 4.69) is 0 Å². The zero-order valence-corrected chi connectivity index (χ0v) is 4.59. The van der Waals surface area contributed by atoms with Gasteiger partial charge in [-0.1, -0.05) is 6.92 Å². The largest absolute Gasteiger partial charge is 0.197 e. The Bertz CT molecular complexity index is 55.1. The summed E-state index contributed by atoms with van der Waals surface area (Å²) in [7, 11) is 0. The Morgan fingerprint density at radius 2 is 2.50 bits per heavy atom. The van der Waals surface area contributed by atoms with Crippen molar-refractivity contribution in [1.82, 2.24) is 0 Å². The fourth-order valence-electron chi connectivity index (χ4n) is 0.148. The van der Waals surface area contributed by atoms with Gasteiger partial charge in [-0.2, -0.15) is 5.26 Å². The lowest BCUT2D eigenvalue weighted by atomic mass is 10.9. The van der Waals surface area contributed by atoms with Crippen LogP contribution in [0.15, 0.2) is 0 Å². The Kier molecular flexibility index (Phi) is 4.71. The standard InChI is InChI=1S/C4H7NS/c1-2-6-4-3-5/h2,4H2,1H3. The smallest absolute Gasteiger partial charge is 0.0807 e. The highest BCUT2D eigenvalue weighted by molar-refractivity contribution is 7.99. The fraction of sp³-hybridized carbons (Fsp3) is 0.750. The minimum atomic E-state index is 0.635. The summed E-state index contributed by atoms with van der Waals surface area (Å²) in [6.07, 6.45) is 0. The number of nitrogens with zero attached hydrogens (tertiary/aromatic N) is 1. The third kappa shape index (κ3) is 3.84. The molecule has 0 heterocycles. The van der Waals surface area contributed by atoms with Gasteiger partial charge in [0, 0.05) is 0 Å². The Labute approximate surface area is 42.3 Å². The van der Waals surface area contributed by atoms with E-state index < -0.39 is 0 Å². The monoisotopic (exact) mass is 101 g/mol. The molecule has 0 N–H and O–H groups in total. The van der Waals surface area contributed by atoms with Gasteiger partial charge in [-0.15, -0.1) is 11.8 Å². The number of hydrogen-bond acceptors (Lipinski definition) is 2. The molecule has 0 rings (SSSR count). The third-order valence-corrected chi connectivity index (χ3v) is 1.11. The summed E-state index contributed by atoms with van der Waals surface area (Å²) < 4.78 is 0. The molecular formula is C4H7NS. The van der Waals surface area contributed by atoms with Crippen molar-refractivity contribution in [2.24, 2.45) is 0 Å². The van der Waals surface area contributed by atoms with Crippen LogP contribution in [0, 0.1) is 11.3 Å². The minimum absolute atomic E-state index is 0.635. The van der Waals surface area contributed by atoms with Crippen LogP contribution in [-0.4, -0.2) is 11.5 Å². The predicted octanol–water partition coefficient (Wildman–Crippen LogP) is 1.26. The Morgan fingerprint density at radius 3 is 2.67 bits per heavy atom. The van der Waals surface area contributed by atoms with Crippen LogP contribution in [0.25, 0.3) is 0 Å². The molecular weight excluding hydrogens is 94.1 g/mol. The maximum Gasteiger partial charge on any atom is 0.0807 e. The average molecular weight is 101 g/mol. The minimum Gasteiger partial charge on any atom is -0.197 e. The van der Waals surface area contributed by atoms with Gasteiger partial charge in [0.25, 0.3) is 0 Å². The number of thioether (sulfide) groups is 1. The van der Waals surface area contributed by atoms with Crippen molar-refractivity contribution in [3.63, 3.8) is 0 Å². The number of hydrogen-bond donors (Lipinski definition) is 0. The molecule has 0 radical (unpaired) electrons. The van der Waals surface area contributed by atoms with E-state index in [-0.39, 0.29) is 0 Å². The van der Waals surface area contributed by atoms with Gasteiger partial charge >= 0.3 is 0 Å². The van der Waals surface area contributed by atoms with Crippen molar-refractivity contribution < 1.29 is 0 Å². The van der Waals surface area contributed by atoms with E-state index in [1.54, 1.807) is 11.8 Å². The molecule has 0 fully saturated rings. The highest BCUT2D eigenvalue weighted by Crippen LogP contribution is 1.93. The quantitative estimate of drug-likeness (QED) is 0.489. The average Bonchev–Trinajstić information content (AvgIpc) is 1.61. The maximum absolute atomic E-state index is 7.93. The van der Waals surface area contributed by atoms with Crippen LogP contribution in [-0.2, 0) is 0 Å². The van der Waals surface area contributed by atoms with Gasteiger partial charge in [0.2, 0.25) is 0 Å². The van der Waals surface area contributed by atoms with E-state index >= 15 is 0 Å². The summed E-state index contributed by atoms with van der Waals surface area (Å²) in [6.45, 7) is 2.04. The van der Waals surface area contributed by atoms with Gasteiger partial charge in [0.05, 0.1) is 11.8 Å². The highest BCUT2D eigenvalue weighted by atomic mass is 32.2. The zero-order valence-electron chi connectivity index (χ0n) is 3.77. The van der Waals surface area contributed by atoms with E-state index in [4.69, 9.17) is 5.26 Å². The molecule has 0 aliphatic heterocycles. The molecule has 0 spiro atoms. The van der Waals surface area contributed by atoms with Crippen molar-refractivity contribution in [1.29, 1.82) is 5.26 Å². The molecule has 0 aromatic rings. The van der Waals surface area contributed by atoms with Gasteiger partial charge in [0.15, 0.2) is 0 Å². The summed E-state index contributed by atoms with van der Waals surface area (Å²) in [6, 6.07) is 2.03. The van der Waals surface area contributed by atoms with Crippen LogP contribution in [0.3, 0.4) is 0 Å². The Balaban J connectivity index is 2.54. The van der Waals surface area contributed by atoms with E-state index in [1.165, 1.54) is 0 Å². The molecule has 0 aromatic heterocycles. The molecule has 6 heavy (non-hydrogen) atoms.